The molecule has 1 fully saturated rings. The van der Waals surface area contributed by atoms with Gasteiger partial charge in [-0.15, -0.1) is 0 Å². The first kappa shape index (κ1) is 15.4. The van der Waals surface area contributed by atoms with Crippen molar-refractivity contribution in [2.75, 3.05) is 6.61 Å². The topological polar surface area (TPSA) is 18.5 Å². The van der Waals surface area contributed by atoms with E-state index in [0.29, 0.717) is 6.10 Å². The maximum absolute atomic E-state index is 5.75. The molecule has 1 aliphatic heterocycles. The van der Waals surface area contributed by atoms with Crippen molar-refractivity contribution >= 4 is 0 Å². The summed E-state index contributed by atoms with van der Waals surface area (Å²) in [5.41, 5.74) is 0. The van der Waals surface area contributed by atoms with Crippen LogP contribution in [0.1, 0.15) is 54.9 Å². The Morgan fingerprint density at radius 2 is 1.77 bits per heavy atom. The smallest absolute Gasteiger partial charge is 0.168 e. The molecule has 2 nitrogen and oxygen atoms in total. The third kappa shape index (κ3) is 3.65. The van der Waals surface area contributed by atoms with Crippen molar-refractivity contribution < 1.29 is 9.47 Å². The Balaban J connectivity index is 0. The van der Waals surface area contributed by atoms with E-state index in [1.54, 1.807) is 0 Å². The average Bonchev–Trinajstić information content (AvgIpc) is 2.04. The molecule has 0 aliphatic carbocycles. The summed E-state index contributed by atoms with van der Waals surface area (Å²) in [7, 11) is 0. The molecule has 1 rings (SSSR count). The zero-order valence-electron chi connectivity index (χ0n) is 7.72. The molecule has 1 saturated heterocycles. The van der Waals surface area contributed by atoms with Crippen molar-refractivity contribution in [2.24, 2.45) is 0 Å². The van der Waals surface area contributed by atoms with Gasteiger partial charge in [0.2, 0.25) is 0 Å². The second-order valence-corrected chi connectivity index (χ2v) is 3.18. The molecule has 82 valence electrons. The van der Waals surface area contributed by atoms with Crippen LogP contribution in [-0.4, -0.2) is 18.5 Å². The highest BCUT2D eigenvalue weighted by Gasteiger charge is 2.33. The van der Waals surface area contributed by atoms with Crippen LogP contribution in [0.4, 0.5) is 0 Å². The predicted octanol–water partition coefficient (Wildman–Crippen LogP) is 3.60. The summed E-state index contributed by atoms with van der Waals surface area (Å²) in [6, 6.07) is 0. The third-order valence-corrected chi connectivity index (χ3v) is 2.38. The lowest BCUT2D eigenvalue weighted by atomic mass is 10.1. The van der Waals surface area contributed by atoms with Crippen molar-refractivity contribution in [3.8, 4) is 0 Å². The Morgan fingerprint density at radius 3 is 2.08 bits per heavy atom. The molecule has 0 amide bonds. The maximum atomic E-state index is 5.75. The van der Waals surface area contributed by atoms with Gasteiger partial charge in [-0.25, -0.2) is 0 Å². The van der Waals surface area contributed by atoms with Crippen LogP contribution in [0.2, 0.25) is 0 Å². The molecule has 0 spiro atoms. The first-order chi connectivity index (χ1) is 5.22. The van der Waals surface area contributed by atoms with Gasteiger partial charge in [-0.05, 0) is 26.2 Å². The Hall–Kier alpha value is -0.0800. The molecular weight excluding hydrogens is 164 g/mol. The van der Waals surface area contributed by atoms with Gasteiger partial charge in [0, 0.05) is 0 Å². The fraction of sp³-hybridized carbons (Fsp3) is 1.00. The second-order valence-electron chi connectivity index (χ2n) is 3.18. The molecule has 2 heteroatoms. The Labute approximate surface area is 83.6 Å². The van der Waals surface area contributed by atoms with Crippen LogP contribution < -0.4 is 0 Å². The van der Waals surface area contributed by atoms with Gasteiger partial charge in [-0.3, -0.25) is 0 Å². The molecule has 0 bridgehead atoms. The quantitative estimate of drug-likeness (QED) is 0.662. The Morgan fingerprint density at radius 1 is 1.23 bits per heavy atom. The van der Waals surface area contributed by atoms with Crippen molar-refractivity contribution in [3.05, 3.63) is 0 Å². The molecule has 1 unspecified atom stereocenters. The van der Waals surface area contributed by atoms with Crippen LogP contribution in [0.3, 0.4) is 0 Å². The minimum absolute atomic E-state index is 0. The summed E-state index contributed by atoms with van der Waals surface area (Å²) in [6.07, 6.45) is 3.30. The van der Waals surface area contributed by atoms with Crippen LogP contribution in [0, 0.1) is 0 Å². The van der Waals surface area contributed by atoms with Gasteiger partial charge in [0.05, 0.1) is 12.7 Å². The molecule has 0 aromatic rings. The highest BCUT2D eigenvalue weighted by atomic mass is 16.7. The van der Waals surface area contributed by atoms with Gasteiger partial charge in [0.1, 0.15) is 0 Å². The van der Waals surface area contributed by atoms with Crippen molar-refractivity contribution in [2.45, 2.75) is 66.8 Å². The van der Waals surface area contributed by atoms with Gasteiger partial charge in [0.15, 0.2) is 5.79 Å². The number of hydrogen-bond acceptors (Lipinski definition) is 2. The largest absolute Gasteiger partial charge is 0.350 e. The average molecular weight is 190 g/mol. The van der Waals surface area contributed by atoms with E-state index in [1.807, 2.05) is 0 Å². The summed E-state index contributed by atoms with van der Waals surface area (Å²) in [5.74, 6) is -0.266. The Bertz CT molecular complexity index is 119. The van der Waals surface area contributed by atoms with E-state index >= 15 is 0 Å². The van der Waals surface area contributed by atoms with Crippen LogP contribution in [0.5, 0.6) is 0 Å². The predicted molar refractivity (Wildman–Crippen MR) is 57.9 cm³/mol. The van der Waals surface area contributed by atoms with Crippen LogP contribution in [-0.2, 0) is 9.47 Å². The molecule has 0 N–H and O–H groups in total. The molecule has 13 heavy (non-hydrogen) atoms. The van der Waals surface area contributed by atoms with E-state index in [4.69, 9.17) is 9.47 Å². The molecular formula is C11H26O2. The van der Waals surface area contributed by atoms with Gasteiger partial charge in [0.25, 0.3) is 0 Å². The number of hydrogen-bond donors (Lipinski definition) is 0. The summed E-state index contributed by atoms with van der Waals surface area (Å²) >= 11 is 0. The van der Waals surface area contributed by atoms with Crippen LogP contribution >= 0.6 is 0 Å². The standard InChI is InChI=1S/C9H18O2.2CH4/c1-4-9(5-2)10-7-6-8(3)11-9;;/h8H,4-7H2,1-3H3;2*1H4. The minimum Gasteiger partial charge on any atom is -0.350 e. The van der Waals surface area contributed by atoms with E-state index in [9.17, 15) is 0 Å². The van der Waals surface area contributed by atoms with Crippen LogP contribution in [0.15, 0.2) is 0 Å². The fourth-order valence-corrected chi connectivity index (χ4v) is 1.49. The third-order valence-electron chi connectivity index (χ3n) is 2.38. The fourth-order valence-electron chi connectivity index (χ4n) is 1.49. The van der Waals surface area contributed by atoms with E-state index in [0.717, 1.165) is 25.9 Å². The summed E-state index contributed by atoms with van der Waals surface area (Å²) < 4.78 is 11.4. The minimum atomic E-state index is -0.266. The molecule has 1 heterocycles. The lowest BCUT2D eigenvalue weighted by Crippen LogP contribution is -2.42. The van der Waals surface area contributed by atoms with Gasteiger partial charge < -0.3 is 9.47 Å². The van der Waals surface area contributed by atoms with Crippen molar-refractivity contribution in [1.29, 1.82) is 0 Å². The highest BCUT2D eigenvalue weighted by molar-refractivity contribution is 4.72. The second kappa shape index (κ2) is 6.39. The van der Waals surface area contributed by atoms with Crippen molar-refractivity contribution in [3.63, 3.8) is 0 Å². The normalized spacial score (nSPS) is 25.6. The van der Waals surface area contributed by atoms with E-state index in [2.05, 4.69) is 20.8 Å². The molecule has 0 aromatic heterocycles. The number of ether oxygens (including phenoxy) is 2. The lowest BCUT2D eigenvalue weighted by Gasteiger charge is -2.39. The van der Waals surface area contributed by atoms with E-state index < -0.39 is 0 Å². The first-order valence-electron chi connectivity index (χ1n) is 4.54. The van der Waals surface area contributed by atoms with E-state index in [-0.39, 0.29) is 20.6 Å². The monoisotopic (exact) mass is 190 g/mol. The molecule has 0 radical (unpaired) electrons. The summed E-state index contributed by atoms with van der Waals surface area (Å²) in [5, 5.41) is 0. The molecule has 0 aromatic carbocycles. The first-order valence-corrected chi connectivity index (χ1v) is 4.54. The lowest BCUT2D eigenvalue weighted by molar-refractivity contribution is -0.292. The SMILES string of the molecule is C.C.CCC1(CC)OCCC(C)O1. The van der Waals surface area contributed by atoms with Crippen molar-refractivity contribution in [1.82, 2.24) is 0 Å². The maximum Gasteiger partial charge on any atom is 0.168 e. The molecule has 1 atom stereocenters. The molecule has 1 aliphatic rings. The summed E-state index contributed by atoms with van der Waals surface area (Å²) in [4.78, 5) is 0. The number of rotatable bonds is 2. The van der Waals surface area contributed by atoms with Gasteiger partial charge in [-0.2, -0.15) is 0 Å². The molecule has 0 saturated carbocycles. The van der Waals surface area contributed by atoms with Gasteiger partial charge >= 0.3 is 0 Å². The summed E-state index contributed by atoms with van der Waals surface area (Å²) in [6.45, 7) is 7.19. The van der Waals surface area contributed by atoms with E-state index in [1.165, 1.54) is 0 Å². The van der Waals surface area contributed by atoms with Gasteiger partial charge in [-0.1, -0.05) is 28.7 Å². The zero-order chi connectivity index (χ0) is 8.32. The zero-order valence-corrected chi connectivity index (χ0v) is 7.72. The Kier molecular flexibility index (Phi) is 7.56. The van der Waals surface area contributed by atoms with Crippen LogP contribution in [0.25, 0.3) is 0 Å². The highest BCUT2D eigenvalue weighted by Crippen LogP contribution is 2.28.